The normalized spacial score (nSPS) is 20.0. The Labute approximate surface area is 146 Å². The van der Waals surface area contributed by atoms with Crippen LogP contribution in [-0.2, 0) is 4.79 Å². The van der Waals surface area contributed by atoms with Crippen molar-refractivity contribution < 1.29 is 19.7 Å². The zero-order valence-electron chi connectivity index (χ0n) is 14.1. The molecule has 0 amide bonds. The van der Waals surface area contributed by atoms with E-state index in [1.54, 1.807) is 19.2 Å². The number of aliphatic hydroxyl groups is 1. The van der Waals surface area contributed by atoms with Crippen LogP contribution in [0, 0.1) is 0 Å². The molecule has 6 nitrogen and oxygen atoms in total. The summed E-state index contributed by atoms with van der Waals surface area (Å²) in [6.45, 7) is 4.03. The predicted octanol–water partition coefficient (Wildman–Crippen LogP) is 2.56. The van der Waals surface area contributed by atoms with Crippen LogP contribution < -0.4 is 4.74 Å². The van der Waals surface area contributed by atoms with E-state index in [9.17, 15) is 9.90 Å². The Morgan fingerprint density at radius 1 is 1.38 bits per heavy atom. The summed E-state index contributed by atoms with van der Waals surface area (Å²) >= 11 is 1.42. The lowest BCUT2D eigenvalue weighted by atomic mass is 10.0. The van der Waals surface area contributed by atoms with Gasteiger partial charge in [0.25, 0.3) is 0 Å². The molecule has 2 N–H and O–H groups in total. The van der Waals surface area contributed by atoms with Gasteiger partial charge >= 0.3 is 0 Å². The van der Waals surface area contributed by atoms with Crippen molar-refractivity contribution >= 4 is 22.6 Å². The van der Waals surface area contributed by atoms with Crippen LogP contribution in [0.15, 0.2) is 17.3 Å². The van der Waals surface area contributed by atoms with Crippen molar-refractivity contribution in [3.8, 4) is 11.5 Å². The molecule has 2 rings (SSSR count). The first-order valence-corrected chi connectivity index (χ1v) is 9.12. The average molecular weight is 352 g/mol. The molecule has 24 heavy (non-hydrogen) atoms. The molecule has 0 radical (unpaired) electrons. The van der Waals surface area contributed by atoms with E-state index >= 15 is 0 Å². The molecule has 1 aliphatic rings. The molecule has 1 atom stereocenters. The largest absolute Gasteiger partial charge is 0.503 e. The van der Waals surface area contributed by atoms with E-state index in [1.807, 2.05) is 0 Å². The minimum Gasteiger partial charge on any atom is -0.503 e. The molecule has 0 saturated carbocycles. The zero-order chi connectivity index (χ0) is 17.6. The number of pyridine rings is 1. The Kier molecular flexibility index (Phi) is 6.62. The molecule has 0 fully saturated rings. The standard InChI is InChI=1S/C17H24N2O4S/c1-12(21)17(2)11-24-16(19-17)14-15(22)13(7-8-18-14)23-10-6-4-3-5-9-20/h7-8,20,22H,3-6,9-11H2,1-2H3/t17-/m1/s1. The summed E-state index contributed by atoms with van der Waals surface area (Å²) in [5.74, 6) is 0.892. The van der Waals surface area contributed by atoms with Gasteiger partial charge in [0.15, 0.2) is 17.3 Å². The number of ketones is 1. The molecule has 0 spiro atoms. The predicted molar refractivity (Wildman–Crippen MR) is 95.0 cm³/mol. The highest BCUT2D eigenvalue weighted by molar-refractivity contribution is 8.14. The number of unbranched alkanes of at least 4 members (excludes halogenated alkanes) is 3. The van der Waals surface area contributed by atoms with Gasteiger partial charge in [-0.3, -0.25) is 9.79 Å². The van der Waals surface area contributed by atoms with Crippen molar-refractivity contribution in [3.63, 3.8) is 0 Å². The second-order valence-corrected chi connectivity index (χ2v) is 6.99. The number of aromatic hydroxyl groups is 1. The second-order valence-electron chi connectivity index (χ2n) is 6.03. The second kappa shape index (κ2) is 8.48. The number of aliphatic imine (C=N–C) groups is 1. The van der Waals surface area contributed by atoms with E-state index in [4.69, 9.17) is 9.84 Å². The number of Topliss-reactive ketones (excluding diaryl/α,β-unsaturated/α-hetero) is 1. The van der Waals surface area contributed by atoms with E-state index in [2.05, 4.69) is 9.98 Å². The van der Waals surface area contributed by atoms with Crippen molar-refractivity contribution in [2.75, 3.05) is 19.0 Å². The summed E-state index contributed by atoms with van der Waals surface area (Å²) < 4.78 is 5.63. The van der Waals surface area contributed by atoms with Crippen molar-refractivity contribution in [3.05, 3.63) is 18.0 Å². The number of thioether (sulfide) groups is 1. The van der Waals surface area contributed by atoms with Gasteiger partial charge in [-0.25, -0.2) is 4.98 Å². The highest BCUT2D eigenvalue weighted by atomic mass is 32.2. The number of hydrogen-bond acceptors (Lipinski definition) is 7. The van der Waals surface area contributed by atoms with Crippen LogP contribution >= 0.6 is 11.8 Å². The minimum absolute atomic E-state index is 0.000210. The Balaban J connectivity index is 2.02. The van der Waals surface area contributed by atoms with E-state index in [0.717, 1.165) is 25.7 Å². The number of hydrogen-bond donors (Lipinski definition) is 2. The fourth-order valence-corrected chi connectivity index (χ4v) is 3.50. The first-order valence-electron chi connectivity index (χ1n) is 8.13. The molecule has 7 heteroatoms. The van der Waals surface area contributed by atoms with Gasteiger partial charge in [-0.2, -0.15) is 0 Å². The van der Waals surface area contributed by atoms with E-state index in [-0.39, 0.29) is 18.1 Å². The number of nitrogens with zero attached hydrogens (tertiary/aromatic N) is 2. The summed E-state index contributed by atoms with van der Waals surface area (Å²) in [5.41, 5.74) is -0.389. The number of carbonyl (C=O) groups excluding carboxylic acids is 1. The van der Waals surface area contributed by atoms with Gasteiger partial charge in [0, 0.05) is 24.6 Å². The van der Waals surface area contributed by atoms with Crippen LogP contribution in [0.4, 0.5) is 0 Å². The van der Waals surface area contributed by atoms with Gasteiger partial charge in [-0.05, 0) is 33.1 Å². The van der Waals surface area contributed by atoms with Gasteiger partial charge in [0.2, 0.25) is 0 Å². The quantitative estimate of drug-likeness (QED) is 0.664. The van der Waals surface area contributed by atoms with Gasteiger partial charge in [0.1, 0.15) is 16.3 Å². The molecule has 1 aromatic rings. The Hall–Kier alpha value is -1.60. The molecular formula is C17H24N2O4S. The monoisotopic (exact) mass is 352 g/mol. The van der Waals surface area contributed by atoms with Crippen LogP contribution in [0.25, 0.3) is 0 Å². The lowest BCUT2D eigenvalue weighted by molar-refractivity contribution is -0.120. The lowest BCUT2D eigenvalue weighted by Gasteiger charge is -2.14. The third kappa shape index (κ3) is 4.48. The van der Waals surface area contributed by atoms with Gasteiger partial charge in [0.05, 0.1) is 6.61 Å². The lowest BCUT2D eigenvalue weighted by Crippen LogP contribution is -2.31. The molecular weight excluding hydrogens is 328 g/mol. The molecule has 0 bridgehead atoms. The highest BCUT2D eigenvalue weighted by Crippen LogP contribution is 2.36. The topological polar surface area (TPSA) is 92.0 Å². The third-order valence-corrected chi connectivity index (χ3v) is 5.26. The van der Waals surface area contributed by atoms with Crippen LogP contribution in [-0.4, -0.2) is 50.5 Å². The number of aliphatic hydroxyl groups excluding tert-OH is 1. The SMILES string of the molecule is CC(=O)[C@@]1(C)CSC(c2nccc(OCCCCCCO)c2O)=N1. The minimum atomic E-state index is -0.752. The van der Waals surface area contributed by atoms with Gasteiger partial charge < -0.3 is 14.9 Å². The van der Waals surface area contributed by atoms with Crippen LogP contribution in [0.3, 0.4) is 0 Å². The van der Waals surface area contributed by atoms with E-state index in [0.29, 0.717) is 28.8 Å². The van der Waals surface area contributed by atoms with Crippen LogP contribution in [0.1, 0.15) is 45.2 Å². The van der Waals surface area contributed by atoms with Crippen molar-refractivity contribution in [2.24, 2.45) is 4.99 Å². The molecule has 0 aromatic carbocycles. The van der Waals surface area contributed by atoms with Crippen molar-refractivity contribution in [1.29, 1.82) is 0 Å². The van der Waals surface area contributed by atoms with E-state index in [1.165, 1.54) is 18.7 Å². The number of ether oxygens (including phenoxy) is 1. The summed E-state index contributed by atoms with van der Waals surface area (Å²) in [5, 5.41) is 19.7. The first-order chi connectivity index (χ1) is 11.5. The highest BCUT2D eigenvalue weighted by Gasteiger charge is 2.36. The van der Waals surface area contributed by atoms with Gasteiger partial charge in [-0.15, -0.1) is 11.8 Å². The average Bonchev–Trinajstić information content (AvgIpc) is 2.96. The molecule has 0 saturated heterocycles. The number of carbonyl (C=O) groups is 1. The maximum absolute atomic E-state index is 11.7. The molecule has 0 unspecified atom stereocenters. The van der Waals surface area contributed by atoms with Crippen molar-refractivity contribution in [1.82, 2.24) is 4.98 Å². The summed E-state index contributed by atoms with van der Waals surface area (Å²) in [4.78, 5) is 20.3. The molecule has 1 aromatic heterocycles. The maximum Gasteiger partial charge on any atom is 0.186 e. The molecule has 1 aliphatic heterocycles. The number of aromatic nitrogens is 1. The molecule has 0 aliphatic carbocycles. The smallest absolute Gasteiger partial charge is 0.186 e. The summed E-state index contributed by atoms with van der Waals surface area (Å²) in [6.07, 6.45) is 5.16. The fourth-order valence-electron chi connectivity index (χ4n) is 2.26. The van der Waals surface area contributed by atoms with Crippen LogP contribution in [0.5, 0.6) is 11.5 Å². The third-order valence-electron chi connectivity index (χ3n) is 4.00. The molecule has 2 heterocycles. The number of rotatable bonds is 9. The summed E-state index contributed by atoms with van der Waals surface area (Å²) in [7, 11) is 0. The first kappa shape index (κ1) is 18.7. The zero-order valence-corrected chi connectivity index (χ0v) is 14.9. The van der Waals surface area contributed by atoms with Crippen LogP contribution in [0.2, 0.25) is 0 Å². The Morgan fingerprint density at radius 3 is 2.79 bits per heavy atom. The fraction of sp³-hybridized carbons (Fsp3) is 0.588. The summed E-state index contributed by atoms with van der Waals surface area (Å²) in [6, 6.07) is 1.62. The van der Waals surface area contributed by atoms with E-state index < -0.39 is 5.54 Å². The van der Waals surface area contributed by atoms with Crippen molar-refractivity contribution in [2.45, 2.75) is 45.1 Å². The molecule has 132 valence electrons. The maximum atomic E-state index is 11.7. The van der Waals surface area contributed by atoms with Gasteiger partial charge in [-0.1, -0.05) is 6.42 Å². The Bertz CT molecular complexity index is 621. The Morgan fingerprint density at radius 2 is 2.12 bits per heavy atom.